The molecule has 2 rings (SSSR count). The van der Waals surface area contributed by atoms with Crippen LogP contribution in [0.4, 0.5) is 4.79 Å². The van der Waals surface area contributed by atoms with Crippen molar-refractivity contribution in [3.63, 3.8) is 0 Å². The molecule has 18 heavy (non-hydrogen) atoms. The van der Waals surface area contributed by atoms with Crippen LogP contribution >= 0.6 is 0 Å². The maximum absolute atomic E-state index is 12.3. The Morgan fingerprint density at radius 3 is 2.39 bits per heavy atom. The van der Waals surface area contributed by atoms with E-state index in [2.05, 4.69) is 5.32 Å². The molecule has 2 aliphatic rings. The summed E-state index contributed by atoms with van der Waals surface area (Å²) in [5, 5.41) is 3.19. The Morgan fingerprint density at radius 2 is 1.83 bits per heavy atom. The lowest BCUT2D eigenvalue weighted by molar-refractivity contribution is 0.136. The highest BCUT2D eigenvalue weighted by molar-refractivity contribution is 5.75. The van der Waals surface area contributed by atoms with Crippen LogP contribution in [0, 0.1) is 0 Å². The molecular weight excluding hydrogens is 226 g/mol. The average molecular weight is 253 g/mol. The quantitative estimate of drug-likeness (QED) is 0.810. The van der Waals surface area contributed by atoms with Crippen molar-refractivity contribution in [2.45, 2.75) is 69.4 Å². The monoisotopic (exact) mass is 253 g/mol. The van der Waals surface area contributed by atoms with E-state index in [-0.39, 0.29) is 11.6 Å². The topological polar surface area (TPSA) is 58.4 Å². The number of amides is 2. The first-order chi connectivity index (χ1) is 8.68. The predicted octanol–water partition coefficient (Wildman–Crippen LogP) is 2.23. The molecule has 0 radical (unpaired) electrons. The number of hydrogen-bond donors (Lipinski definition) is 2. The highest BCUT2D eigenvalue weighted by Crippen LogP contribution is 2.33. The Hall–Kier alpha value is -0.770. The predicted molar refractivity (Wildman–Crippen MR) is 73.4 cm³/mol. The molecule has 4 nitrogen and oxygen atoms in total. The first kappa shape index (κ1) is 13.7. The zero-order valence-electron chi connectivity index (χ0n) is 11.6. The number of urea groups is 1. The molecule has 0 aliphatic heterocycles. The zero-order valence-corrected chi connectivity index (χ0v) is 11.6. The van der Waals surface area contributed by atoms with Crippen LogP contribution in [0.25, 0.3) is 0 Å². The van der Waals surface area contributed by atoms with Gasteiger partial charge in [0.25, 0.3) is 0 Å². The number of carbonyl (C=O) groups is 1. The Morgan fingerprint density at radius 1 is 1.22 bits per heavy atom. The van der Waals surface area contributed by atoms with Gasteiger partial charge in [-0.3, -0.25) is 0 Å². The molecule has 2 saturated carbocycles. The normalized spacial score (nSPS) is 23.9. The van der Waals surface area contributed by atoms with Crippen LogP contribution in [0.1, 0.15) is 57.8 Å². The smallest absolute Gasteiger partial charge is 0.317 e. The molecule has 0 bridgehead atoms. The number of rotatable bonds is 3. The van der Waals surface area contributed by atoms with Crippen molar-refractivity contribution in [1.82, 2.24) is 10.2 Å². The molecule has 2 fully saturated rings. The summed E-state index contributed by atoms with van der Waals surface area (Å²) < 4.78 is 0. The van der Waals surface area contributed by atoms with E-state index in [0.717, 1.165) is 25.7 Å². The molecule has 3 N–H and O–H groups in total. The summed E-state index contributed by atoms with van der Waals surface area (Å²) in [6, 6.07) is 0.458. The molecule has 0 aromatic carbocycles. The highest BCUT2D eigenvalue weighted by Gasteiger charge is 2.39. The van der Waals surface area contributed by atoms with Gasteiger partial charge in [-0.05, 0) is 25.7 Å². The van der Waals surface area contributed by atoms with Crippen LogP contribution in [-0.4, -0.2) is 36.1 Å². The average Bonchev–Trinajstić information content (AvgIpc) is 2.89. The van der Waals surface area contributed by atoms with Gasteiger partial charge in [0, 0.05) is 19.6 Å². The van der Waals surface area contributed by atoms with Gasteiger partial charge in [0.05, 0.1) is 5.54 Å². The molecule has 104 valence electrons. The molecule has 0 unspecified atom stereocenters. The number of likely N-dealkylation sites (N-methyl/N-ethyl adjacent to an activating group) is 1. The van der Waals surface area contributed by atoms with Crippen LogP contribution in [0.2, 0.25) is 0 Å². The molecule has 2 amide bonds. The Bertz CT molecular complexity index is 281. The van der Waals surface area contributed by atoms with E-state index in [9.17, 15) is 4.79 Å². The Kier molecular flexibility index (Phi) is 4.49. The minimum Gasteiger partial charge on any atom is -0.335 e. The van der Waals surface area contributed by atoms with Gasteiger partial charge in [0.15, 0.2) is 0 Å². The fourth-order valence-corrected chi connectivity index (χ4v) is 3.44. The van der Waals surface area contributed by atoms with Crippen molar-refractivity contribution in [3.05, 3.63) is 0 Å². The second-order valence-corrected chi connectivity index (χ2v) is 5.98. The molecule has 0 heterocycles. The van der Waals surface area contributed by atoms with Crippen molar-refractivity contribution < 1.29 is 4.79 Å². The molecule has 0 atom stereocenters. The lowest BCUT2D eigenvalue weighted by Gasteiger charge is -2.39. The molecule has 0 saturated heterocycles. The molecule has 0 spiro atoms. The lowest BCUT2D eigenvalue weighted by Crippen LogP contribution is -2.57. The SMILES string of the molecule is CN(C(=O)NC1CCCCC1)C1(CN)CCCC1. The van der Waals surface area contributed by atoms with Crippen LogP contribution in [-0.2, 0) is 0 Å². The second kappa shape index (κ2) is 5.91. The summed E-state index contributed by atoms with van der Waals surface area (Å²) in [5.41, 5.74) is 5.83. The first-order valence-electron chi connectivity index (χ1n) is 7.42. The van der Waals surface area contributed by atoms with Gasteiger partial charge in [0.1, 0.15) is 0 Å². The molecule has 0 aromatic rings. The van der Waals surface area contributed by atoms with Crippen molar-refractivity contribution in [2.24, 2.45) is 5.73 Å². The third-order valence-corrected chi connectivity index (χ3v) is 4.86. The fourth-order valence-electron chi connectivity index (χ4n) is 3.44. The minimum atomic E-state index is -0.0846. The fraction of sp³-hybridized carbons (Fsp3) is 0.929. The third kappa shape index (κ3) is 2.79. The van der Waals surface area contributed by atoms with Crippen LogP contribution in [0.3, 0.4) is 0 Å². The van der Waals surface area contributed by atoms with E-state index in [0.29, 0.717) is 12.6 Å². The first-order valence-corrected chi connectivity index (χ1v) is 7.42. The molecule has 4 heteroatoms. The third-order valence-electron chi connectivity index (χ3n) is 4.86. The largest absolute Gasteiger partial charge is 0.335 e. The summed E-state index contributed by atoms with van der Waals surface area (Å²) in [7, 11) is 1.91. The van der Waals surface area contributed by atoms with Crippen molar-refractivity contribution >= 4 is 6.03 Å². The van der Waals surface area contributed by atoms with Gasteiger partial charge < -0.3 is 16.0 Å². The van der Waals surface area contributed by atoms with Crippen LogP contribution in [0.15, 0.2) is 0 Å². The van der Waals surface area contributed by atoms with Gasteiger partial charge in [-0.15, -0.1) is 0 Å². The van der Waals surface area contributed by atoms with Crippen LogP contribution < -0.4 is 11.1 Å². The minimum absolute atomic E-state index is 0.0780. The highest BCUT2D eigenvalue weighted by atomic mass is 16.2. The van der Waals surface area contributed by atoms with Crippen LogP contribution in [0.5, 0.6) is 0 Å². The standard InChI is InChI=1S/C14H27N3O/c1-17(14(11-15)9-5-6-10-14)13(18)16-12-7-3-2-4-8-12/h12H,2-11,15H2,1H3,(H,16,18). The number of carbonyl (C=O) groups excluding carboxylic acids is 1. The van der Waals surface area contributed by atoms with E-state index in [4.69, 9.17) is 5.73 Å². The van der Waals surface area contributed by atoms with Crippen molar-refractivity contribution in [1.29, 1.82) is 0 Å². The lowest BCUT2D eigenvalue weighted by atomic mass is 9.94. The van der Waals surface area contributed by atoms with Gasteiger partial charge in [0.2, 0.25) is 0 Å². The van der Waals surface area contributed by atoms with Crippen molar-refractivity contribution in [3.8, 4) is 0 Å². The van der Waals surface area contributed by atoms with Gasteiger partial charge in [-0.25, -0.2) is 4.79 Å². The summed E-state index contributed by atoms with van der Waals surface area (Å²) in [6.07, 6.45) is 10.6. The van der Waals surface area contributed by atoms with Gasteiger partial charge in [-0.2, -0.15) is 0 Å². The summed E-state index contributed by atoms with van der Waals surface area (Å²) in [5.74, 6) is 0. The van der Waals surface area contributed by atoms with E-state index in [1.165, 1.54) is 32.1 Å². The Labute approximate surface area is 110 Å². The van der Waals surface area contributed by atoms with E-state index < -0.39 is 0 Å². The Balaban J connectivity index is 1.90. The number of nitrogens with one attached hydrogen (secondary N) is 1. The second-order valence-electron chi connectivity index (χ2n) is 5.98. The summed E-state index contributed by atoms with van der Waals surface area (Å²) >= 11 is 0. The number of nitrogens with zero attached hydrogens (tertiary/aromatic N) is 1. The molecular formula is C14H27N3O. The van der Waals surface area contributed by atoms with E-state index in [1.54, 1.807) is 0 Å². The summed E-state index contributed by atoms with van der Waals surface area (Å²) in [6.45, 7) is 0.585. The maximum atomic E-state index is 12.3. The van der Waals surface area contributed by atoms with Gasteiger partial charge in [-0.1, -0.05) is 32.1 Å². The van der Waals surface area contributed by atoms with E-state index >= 15 is 0 Å². The molecule has 2 aliphatic carbocycles. The molecule has 0 aromatic heterocycles. The summed E-state index contributed by atoms with van der Waals surface area (Å²) in [4.78, 5) is 14.2. The zero-order chi connectivity index (χ0) is 13.0. The number of nitrogens with two attached hydrogens (primary N) is 1. The maximum Gasteiger partial charge on any atom is 0.317 e. The number of hydrogen-bond acceptors (Lipinski definition) is 2. The van der Waals surface area contributed by atoms with E-state index in [1.807, 2.05) is 11.9 Å². The van der Waals surface area contributed by atoms with Crippen molar-refractivity contribution in [2.75, 3.05) is 13.6 Å². The van der Waals surface area contributed by atoms with Gasteiger partial charge >= 0.3 is 6.03 Å².